The highest BCUT2D eigenvalue weighted by Gasteiger charge is 2.40. The van der Waals surface area contributed by atoms with Gasteiger partial charge in [-0.05, 0) is 89.3 Å². The Kier molecular flexibility index (Phi) is 9.19. The van der Waals surface area contributed by atoms with Crippen molar-refractivity contribution in [2.45, 2.75) is 69.6 Å². The lowest BCUT2D eigenvalue weighted by Crippen LogP contribution is -2.44. The predicted octanol–water partition coefficient (Wildman–Crippen LogP) is 5.00. The Labute approximate surface area is 244 Å². The van der Waals surface area contributed by atoms with Crippen molar-refractivity contribution in [2.24, 2.45) is 5.92 Å². The number of carbonyl (C=O) groups is 2. The molecule has 2 aliphatic heterocycles. The van der Waals surface area contributed by atoms with Gasteiger partial charge in [0.05, 0.1) is 5.92 Å². The highest BCUT2D eigenvalue weighted by Crippen LogP contribution is 2.37. The summed E-state index contributed by atoms with van der Waals surface area (Å²) in [4.78, 5) is 40.3. The molecule has 228 valence electrons. The van der Waals surface area contributed by atoms with E-state index in [1.807, 2.05) is 11.9 Å². The van der Waals surface area contributed by atoms with Gasteiger partial charge in [0.25, 0.3) is 5.91 Å². The molecule has 2 atom stereocenters. The van der Waals surface area contributed by atoms with Crippen molar-refractivity contribution in [1.29, 1.82) is 0 Å². The second-order valence-corrected chi connectivity index (χ2v) is 11.8. The van der Waals surface area contributed by atoms with E-state index in [4.69, 9.17) is 0 Å². The molecule has 3 heterocycles. The molecule has 0 radical (unpaired) electrons. The first-order chi connectivity index (χ1) is 20.1. The fourth-order valence-corrected chi connectivity index (χ4v) is 6.29. The summed E-state index contributed by atoms with van der Waals surface area (Å²) in [6, 6.07) is 6.51. The van der Waals surface area contributed by atoms with Crippen molar-refractivity contribution < 1.29 is 22.8 Å². The van der Waals surface area contributed by atoms with Crippen molar-refractivity contribution >= 4 is 29.3 Å². The van der Waals surface area contributed by atoms with Gasteiger partial charge in [-0.3, -0.25) is 9.59 Å². The van der Waals surface area contributed by atoms with Crippen molar-refractivity contribution in [3.63, 3.8) is 0 Å². The summed E-state index contributed by atoms with van der Waals surface area (Å²) in [5.41, 5.74) is 0.101. The highest BCUT2D eigenvalue weighted by atomic mass is 19.4. The maximum absolute atomic E-state index is 13.9. The number of benzene rings is 1. The standard InChI is InChI=1S/C30H40F3N7O2/c1-38-17-13-22(14-18-38)39(2)27(41)20-9-11-21(12-10-20)35-29-34-19-24(30(31,32)33)26(37-29)36-25-8-6-7-23(25)28(42)40-15-4-3-5-16-40/h9-12,19,22-23,25H,3-8,13-18H2,1-2H3,(H2,34,35,36,37)/t23-,25+/m0/s1. The second kappa shape index (κ2) is 12.8. The number of alkyl halides is 3. The van der Waals surface area contributed by atoms with Gasteiger partial charge in [-0.15, -0.1) is 0 Å². The van der Waals surface area contributed by atoms with Crippen LogP contribution in [0.15, 0.2) is 30.5 Å². The number of nitrogens with zero attached hydrogens (tertiary/aromatic N) is 5. The van der Waals surface area contributed by atoms with E-state index in [0.717, 1.165) is 57.8 Å². The van der Waals surface area contributed by atoms with Gasteiger partial charge in [0.2, 0.25) is 11.9 Å². The van der Waals surface area contributed by atoms with E-state index in [1.54, 1.807) is 29.2 Å². The number of halogens is 3. The van der Waals surface area contributed by atoms with Gasteiger partial charge < -0.3 is 25.3 Å². The van der Waals surface area contributed by atoms with Crippen molar-refractivity contribution in [2.75, 3.05) is 50.9 Å². The predicted molar refractivity (Wildman–Crippen MR) is 155 cm³/mol. The summed E-state index contributed by atoms with van der Waals surface area (Å²) >= 11 is 0. The number of piperidine rings is 2. The lowest BCUT2D eigenvalue weighted by atomic mass is 9.99. The molecular weight excluding hydrogens is 547 g/mol. The van der Waals surface area contributed by atoms with Gasteiger partial charge in [-0.2, -0.15) is 18.2 Å². The van der Waals surface area contributed by atoms with E-state index < -0.39 is 17.8 Å². The summed E-state index contributed by atoms with van der Waals surface area (Å²) in [7, 11) is 3.90. The minimum Gasteiger partial charge on any atom is -0.366 e. The summed E-state index contributed by atoms with van der Waals surface area (Å²) in [6.07, 6.45) is 2.96. The van der Waals surface area contributed by atoms with Crippen LogP contribution in [0.1, 0.15) is 67.3 Å². The Balaban J connectivity index is 1.28. The van der Waals surface area contributed by atoms with Crippen LogP contribution in [0.25, 0.3) is 0 Å². The van der Waals surface area contributed by atoms with E-state index in [9.17, 15) is 22.8 Å². The molecule has 1 aromatic carbocycles. The van der Waals surface area contributed by atoms with Gasteiger partial charge in [-0.1, -0.05) is 6.42 Å². The van der Waals surface area contributed by atoms with E-state index in [0.29, 0.717) is 37.2 Å². The molecule has 0 spiro atoms. The number of rotatable bonds is 7. The molecule has 2 aromatic rings. The fourth-order valence-electron chi connectivity index (χ4n) is 6.29. The average Bonchev–Trinajstić information content (AvgIpc) is 3.45. The summed E-state index contributed by atoms with van der Waals surface area (Å²) < 4.78 is 41.7. The van der Waals surface area contributed by atoms with Crippen LogP contribution in [0, 0.1) is 5.92 Å². The van der Waals surface area contributed by atoms with Crippen LogP contribution >= 0.6 is 0 Å². The molecule has 1 saturated carbocycles. The van der Waals surface area contributed by atoms with Crippen LogP contribution in [0.3, 0.4) is 0 Å². The zero-order valence-corrected chi connectivity index (χ0v) is 24.3. The number of carbonyl (C=O) groups excluding carboxylic acids is 2. The number of hydrogen-bond donors (Lipinski definition) is 2. The number of anilines is 3. The SMILES string of the molecule is CN1CCC(N(C)C(=O)c2ccc(Nc3ncc(C(F)(F)F)c(N[C@@H]4CCC[C@@H]4C(=O)N4CCCCC4)n3)cc2)CC1. The van der Waals surface area contributed by atoms with E-state index in [2.05, 4.69) is 32.5 Å². The molecule has 12 heteroatoms. The smallest absolute Gasteiger partial charge is 0.366 e. The quantitative estimate of drug-likeness (QED) is 0.471. The molecule has 0 bridgehead atoms. The molecule has 2 amide bonds. The van der Waals surface area contributed by atoms with Crippen LogP contribution < -0.4 is 10.6 Å². The topological polar surface area (TPSA) is 93.7 Å². The van der Waals surface area contributed by atoms with Crippen molar-refractivity contribution in [3.8, 4) is 0 Å². The first-order valence-electron chi connectivity index (χ1n) is 14.9. The molecule has 9 nitrogen and oxygen atoms in total. The zero-order chi connectivity index (χ0) is 29.9. The molecule has 1 aliphatic carbocycles. The summed E-state index contributed by atoms with van der Waals surface area (Å²) in [6.45, 7) is 3.31. The first-order valence-corrected chi connectivity index (χ1v) is 14.9. The van der Waals surface area contributed by atoms with Crippen molar-refractivity contribution in [1.82, 2.24) is 24.7 Å². The maximum atomic E-state index is 13.9. The molecular formula is C30H40F3N7O2. The maximum Gasteiger partial charge on any atom is 0.421 e. The average molecular weight is 588 g/mol. The van der Waals surface area contributed by atoms with Gasteiger partial charge >= 0.3 is 6.18 Å². The second-order valence-electron chi connectivity index (χ2n) is 11.8. The molecule has 0 unspecified atom stereocenters. The van der Waals surface area contributed by atoms with Crippen LogP contribution in [0.2, 0.25) is 0 Å². The minimum atomic E-state index is -4.66. The van der Waals surface area contributed by atoms with E-state index >= 15 is 0 Å². The summed E-state index contributed by atoms with van der Waals surface area (Å²) in [5, 5.41) is 5.93. The van der Waals surface area contributed by atoms with Gasteiger partial charge in [0.1, 0.15) is 11.4 Å². The molecule has 2 N–H and O–H groups in total. The zero-order valence-electron chi connectivity index (χ0n) is 24.3. The largest absolute Gasteiger partial charge is 0.421 e. The summed E-state index contributed by atoms with van der Waals surface area (Å²) in [5.74, 6) is -0.784. The third-order valence-electron chi connectivity index (χ3n) is 8.86. The third-order valence-corrected chi connectivity index (χ3v) is 8.86. The van der Waals surface area contributed by atoms with Gasteiger partial charge in [0, 0.05) is 49.7 Å². The number of likely N-dealkylation sites (tertiary alicyclic amines) is 2. The van der Waals surface area contributed by atoms with Gasteiger partial charge in [0.15, 0.2) is 0 Å². The normalized spacial score (nSPS) is 22.2. The third kappa shape index (κ3) is 6.96. The van der Waals surface area contributed by atoms with Crippen LogP contribution in [0.4, 0.5) is 30.6 Å². The Morgan fingerprint density at radius 2 is 1.64 bits per heavy atom. The fraction of sp³-hybridized carbons (Fsp3) is 0.600. The Bertz CT molecular complexity index is 1240. The Morgan fingerprint density at radius 1 is 0.952 bits per heavy atom. The number of amides is 2. The van der Waals surface area contributed by atoms with Crippen LogP contribution in [-0.2, 0) is 11.0 Å². The number of hydrogen-bond acceptors (Lipinski definition) is 7. The monoisotopic (exact) mass is 587 g/mol. The molecule has 5 rings (SSSR count). The molecule has 42 heavy (non-hydrogen) atoms. The number of aromatic nitrogens is 2. The van der Waals surface area contributed by atoms with Crippen LogP contribution in [-0.4, -0.2) is 88.8 Å². The van der Waals surface area contributed by atoms with Crippen molar-refractivity contribution in [3.05, 3.63) is 41.6 Å². The lowest BCUT2D eigenvalue weighted by Gasteiger charge is -2.35. The lowest BCUT2D eigenvalue weighted by molar-refractivity contribution is -0.137. The van der Waals surface area contributed by atoms with E-state index in [1.165, 1.54) is 0 Å². The number of nitrogens with one attached hydrogen (secondary N) is 2. The highest BCUT2D eigenvalue weighted by molar-refractivity contribution is 5.94. The minimum absolute atomic E-state index is 0.00933. The van der Waals surface area contributed by atoms with E-state index in [-0.39, 0.29) is 35.5 Å². The molecule has 1 aromatic heterocycles. The Hall–Kier alpha value is -3.41. The molecule has 3 aliphatic rings. The molecule has 2 saturated heterocycles. The molecule has 3 fully saturated rings. The first kappa shape index (κ1) is 30.1. The Morgan fingerprint density at radius 3 is 2.31 bits per heavy atom. The van der Waals surface area contributed by atoms with Gasteiger partial charge in [-0.25, -0.2) is 4.98 Å². The van der Waals surface area contributed by atoms with Crippen LogP contribution in [0.5, 0.6) is 0 Å².